The van der Waals surface area contributed by atoms with Crippen molar-refractivity contribution in [3.8, 4) is 12.3 Å². The summed E-state index contributed by atoms with van der Waals surface area (Å²) >= 11 is 6.84. The number of rotatable bonds is 10. The highest BCUT2D eigenvalue weighted by molar-refractivity contribution is 6.32. The highest BCUT2D eigenvalue weighted by Crippen LogP contribution is 2.33. The van der Waals surface area contributed by atoms with Crippen LogP contribution >= 0.6 is 11.6 Å². The Labute approximate surface area is 261 Å². The fourth-order valence-corrected chi connectivity index (χ4v) is 5.84. The largest absolute Gasteiger partial charge is 0.395 e. The first-order valence-corrected chi connectivity index (χ1v) is 14.9. The summed E-state index contributed by atoms with van der Waals surface area (Å²) in [6.45, 7) is 6.41. The number of hydrogen-bond donors (Lipinski definition) is 2. The van der Waals surface area contributed by atoms with E-state index in [2.05, 4.69) is 26.0 Å². The number of aromatic nitrogens is 3. The van der Waals surface area contributed by atoms with Crippen LogP contribution in [0.5, 0.6) is 0 Å². The predicted molar refractivity (Wildman–Crippen MR) is 174 cm³/mol. The predicted octanol–water partition coefficient (Wildman–Crippen LogP) is 3.23. The molecule has 1 amide bonds. The molecule has 1 unspecified atom stereocenters. The molecule has 2 aromatic heterocycles. The minimum Gasteiger partial charge on any atom is -0.395 e. The maximum Gasteiger partial charge on any atom is 0.262 e. The van der Waals surface area contributed by atoms with E-state index in [9.17, 15) is 14.7 Å². The number of nitrogens with zero attached hydrogens (tertiary/aromatic N) is 6. The monoisotopic (exact) mass is 613 g/mol. The van der Waals surface area contributed by atoms with Gasteiger partial charge in [-0.1, -0.05) is 23.6 Å². The molecular weight excluding hydrogens is 578 g/mol. The number of halogens is 1. The number of amides is 1. The van der Waals surface area contributed by atoms with Crippen LogP contribution in [0.15, 0.2) is 65.7 Å². The lowest BCUT2D eigenvalue weighted by atomic mass is 10.0. The maximum atomic E-state index is 13.6. The van der Waals surface area contributed by atoms with Crippen molar-refractivity contribution in [1.82, 2.24) is 24.8 Å². The highest BCUT2D eigenvalue weighted by atomic mass is 35.5. The quantitative estimate of drug-likeness (QED) is 0.263. The van der Waals surface area contributed by atoms with Crippen molar-refractivity contribution in [1.29, 1.82) is 0 Å². The van der Waals surface area contributed by atoms with Gasteiger partial charge in [0.2, 0.25) is 5.95 Å². The standard InChI is InChI=1S/C33H36ClN7O3/c1-4-12-41(26-9-7-25(8-10-26)31(43)36-22-24-6-5-11-35-21-24)23(2)27-19-28-30(20-29(27)34)37-33(38(3)32(28)44)40-15-13-39(14-16-40)17-18-42/h1,5-11,19-21,23,42H,12-18,22H2,2-3H3,(H,36,43). The third kappa shape index (κ3) is 6.70. The van der Waals surface area contributed by atoms with Crippen molar-refractivity contribution >= 4 is 40.0 Å². The first kappa shape index (κ1) is 31.0. The Bertz CT molecular complexity index is 1710. The number of benzene rings is 2. The second kappa shape index (κ2) is 13.9. The topological polar surface area (TPSA) is 107 Å². The summed E-state index contributed by atoms with van der Waals surface area (Å²) < 4.78 is 1.59. The summed E-state index contributed by atoms with van der Waals surface area (Å²) in [5.74, 6) is 3.13. The van der Waals surface area contributed by atoms with Gasteiger partial charge in [0.1, 0.15) is 0 Å². The molecule has 5 rings (SSSR count). The van der Waals surface area contributed by atoms with E-state index in [-0.39, 0.29) is 24.1 Å². The number of anilines is 2. The van der Waals surface area contributed by atoms with E-state index in [0.29, 0.717) is 60.2 Å². The summed E-state index contributed by atoms with van der Waals surface area (Å²) in [6, 6.07) is 14.2. The summed E-state index contributed by atoms with van der Waals surface area (Å²) in [5.41, 5.74) is 3.38. The molecule has 0 aliphatic carbocycles. The minimum atomic E-state index is -0.280. The van der Waals surface area contributed by atoms with Crippen molar-refractivity contribution in [2.45, 2.75) is 19.5 Å². The molecule has 0 spiro atoms. The fourth-order valence-electron chi connectivity index (χ4n) is 5.52. The summed E-state index contributed by atoms with van der Waals surface area (Å²) in [5, 5.41) is 13.1. The Morgan fingerprint density at radius 1 is 1.18 bits per heavy atom. The van der Waals surface area contributed by atoms with Gasteiger partial charge < -0.3 is 20.2 Å². The van der Waals surface area contributed by atoms with E-state index in [0.717, 1.165) is 29.9 Å². The van der Waals surface area contributed by atoms with E-state index in [1.54, 1.807) is 42.2 Å². The second-order valence-electron chi connectivity index (χ2n) is 10.8. The number of β-amino-alcohol motifs (C(OH)–C–C–N with tert-alkyl or cyclic N) is 1. The second-order valence-corrected chi connectivity index (χ2v) is 11.2. The number of carbonyl (C=O) groups excluding carboxylic acids is 1. The van der Waals surface area contributed by atoms with Crippen LogP contribution in [0.1, 0.15) is 34.5 Å². The van der Waals surface area contributed by atoms with E-state index < -0.39 is 0 Å². The van der Waals surface area contributed by atoms with Gasteiger partial charge in [-0.25, -0.2) is 4.98 Å². The Kier molecular flexibility index (Phi) is 9.80. The van der Waals surface area contributed by atoms with Crippen LogP contribution in [0.3, 0.4) is 0 Å². The Balaban J connectivity index is 1.37. The molecule has 1 aliphatic rings. The van der Waals surface area contributed by atoms with Gasteiger partial charge >= 0.3 is 0 Å². The van der Waals surface area contributed by atoms with Crippen molar-refractivity contribution in [2.75, 3.05) is 55.7 Å². The molecule has 1 fully saturated rings. The lowest BCUT2D eigenvalue weighted by molar-refractivity contribution is 0.0951. The zero-order valence-corrected chi connectivity index (χ0v) is 25.7. The first-order chi connectivity index (χ1) is 21.3. The number of aliphatic hydroxyl groups is 1. The molecule has 1 atom stereocenters. The van der Waals surface area contributed by atoms with E-state index in [4.69, 9.17) is 23.0 Å². The third-order valence-corrected chi connectivity index (χ3v) is 8.39. The van der Waals surface area contributed by atoms with Crippen LogP contribution in [-0.4, -0.2) is 76.3 Å². The van der Waals surface area contributed by atoms with Gasteiger partial charge in [-0.05, 0) is 60.5 Å². The smallest absolute Gasteiger partial charge is 0.262 e. The molecule has 11 heteroatoms. The molecular formula is C33H36ClN7O3. The van der Waals surface area contributed by atoms with Crippen LogP contribution in [0.4, 0.5) is 11.6 Å². The summed E-state index contributed by atoms with van der Waals surface area (Å²) in [7, 11) is 1.74. The number of carbonyl (C=O) groups is 1. The van der Waals surface area contributed by atoms with Gasteiger partial charge in [-0.2, -0.15) is 0 Å². The average Bonchev–Trinajstić information content (AvgIpc) is 3.05. The van der Waals surface area contributed by atoms with E-state index >= 15 is 0 Å². The van der Waals surface area contributed by atoms with Crippen LogP contribution in [0.25, 0.3) is 10.9 Å². The molecule has 2 aromatic carbocycles. The Morgan fingerprint density at radius 2 is 1.93 bits per heavy atom. The SMILES string of the molecule is C#CCN(c1ccc(C(=O)NCc2cccnc2)cc1)C(C)c1cc2c(=O)n(C)c(N3CCN(CCO)CC3)nc2cc1Cl. The van der Waals surface area contributed by atoms with Crippen LogP contribution in [0, 0.1) is 12.3 Å². The van der Waals surface area contributed by atoms with Gasteiger partial charge in [0, 0.05) is 75.0 Å². The number of hydrogen-bond acceptors (Lipinski definition) is 8. The zero-order valence-electron chi connectivity index (χ0n) is 24.9. The number of pyridine rings is 1. The number of aliphatic hydroxyl groups excluding tert-OH is 1. The molecule has 2 N–H and O–H groups in total. The highest BCUT2D eigenvalue weighted by Gasteiger charge is 2.24. The molecule has 44 heavy (non-hydrogen) atoms. The van der Waals surface area contributed by atoms with Crippen molar-refractivity contribution in [2.24, 2.45) is 7.05 Å². The van der Waals surface area contributed by atoms with Crippen LogP contribution < -0.4 is 20.7 Å². The van der Waals surface area contributed by atoms with Gasteiger partial charge in [-0.15, -0.1) is 6.42 Å². The summed E-state index contributed by atoms with van der Waals surface area (Å²) in [6.07, 6.45) is 9.17. The molecule has 3 heterocycles. The van der Waals surface area contributed by atoms with E-state index in [1.165, 1.54) is 0 Å². The minimum absolute atomic E-state index is 0.126. The number of terminal acetylenes is 1. The normalized spacial score (nSPS) is 14.3. The van der Waals surface area contributed by atoms with Crippen molar-refractivity contribution in [3.63, 3.8) is 0 Å². The Morgan fingerprint density at radius 3 is 2.59 bits per heavy atom. The van der Waals surface area contributed by atoms with Crippen LogP contribution in [0.2, 0.25) is 5.02 Å². The average molecular weight is 614 g/mol. The number of nitrogens with one attached hydrogen (secondary N) is 1. The molecule has 0 saturated carbocycles. The molecule has 0 bridgehead atoms. The molecule has 10 nitrogen and oxygen atoms in total. The molecule has 4 aromatic rings. The van der Waals surface area contributed by atoms with Gasteiger partial charge in [-0.3, -0.25) is 24.0 Å². The third-order valence-electron chi connectivity index (χ3n) is 8.06. The van der Waals surface area contributed by atoms with Crippen molar-refractivity contribution < 1.29 is 9.90 Å². The van der Waals surface area contributed by atoms with Gasteiger partial charge in [0.15, 0.2) is 0 Å². The molecule has 1 saturated heterocycles. The summed E-state index contributed by atoms with van der Waals surface area (Å²) in [4.78, 5) is 41.5. The number of piperazine rings is 1. The lowest BCUT2D eigenvalue weighted by Gasteiger charge is -2.35. The van der Waals surface area contributed by atoms with Gasteiger partial charge in [0.05, 0.1) is 30.1 Å². The molecule has 1 aliphatic heterocycles. The maximum absolute atomic E-state index is 13.6. The lowest BCUT2D eigenvalue weighted by Crippen LogP contribution is -2.48. The fraction of sp³-hybridized carbons (Fsp3) is 0.333. The molecule has 0 radical (unpaired) electrons. The zero-order chi connectivity index (χ0) is 31.2. The van der Waals surface area contributed by atoms with E-state index in [1.807, 2.05) is 42.2 Å². The van der Waals surface area contributed by atoms with Crippen LogP contribution in [-0.2, 0) is 13.6 Å². The van der Waals surface area contributed by atoms with Gasteiger partial charge in [0.25, 0.3) is 11.5 Å². The first-order valence-electron chi connectivity index (χ1n) is 14.6. The number of fused-ring (bicyclic) bond motifs is 1. The Hall–Kier alpha value is -4.43. The van der Waals surface area contributed by atoms with Crippen molar-refractivity contribution in [3.05, 3.63) is 93.0 Å². The molecule has 228 valence electrons.